The number of carbonyl (C=O) groups is 2. The van der Waals surface area contributed by atoms with Crippen LogP contribution in [-0.2, 0) is 16.1 Å². The van der Waals surface area contributed by atoms with Gasteiger partial charge in [-0.1, -0.05) is 60.7 Å². The van der Waals surface area contributed by atoms with E-state index in [4.69, 9.17) is 4.74 Å². The number of para-hydroxylation sites is 1. The number of carbonyl (C=O) groups excluding carboxylic acids is 2. The summed E-state index contributed by atoms with van der Waals surface area (Å²) in [5, 5.41) is 0.696. The van der Waals surface area contributed by atoms with Gasteiger partial charge in [-0.05, 0) is 35.9 Å². The van der Waals surface area contributed by atoms with Crippen LogP contribution in [0.5, 0.6) is 0 Å². The maximum atomic E-state index is 13.0. The summed E-state index contributed by atoms with van der Waals surface area (Å²) in [7, 11) is 0. The molecule has 0 atom stereocenters. The number of hydrogen-bond donors (Lipinski definition) is 0. The van der Waals surface area contributed by atoms with Crippen molar-refractivity contribution in [3.63, 3.8) is 0 Å². The van der Waals surface area contributed by atoms with Gasteiger partial charge in [0.15, 0.2) is 6.61 Å². The number of anilines is 1. The summed E-state index contributed by atoms with van der Waals surface area (Å²) < 4.78 is 5.38. The van der Waals surface area contributed by atoms with E-state index in [1.54, 1.807) is 29.3 Å². The van der Waals surface area contributed by atoms with Crippen LogP contribution in [0.3, 0.4) is 0 Å². The predicted molar refractivity (Wildman–Crippen MR) is 116 cm³/mol. The van der Waals surface area contributed by atoms with Gasteiger partial charge in [0.2, 0.25) is 0 Å². The van der Waals surface area contributed by atoms with Crippen molar-refractivity contribution in [1.29, 1.82) is 0 Å². The van der Waals surface area contributed by atoms with Crippen molar-refractivity contribution in [1.82, 2.24) is 4.98 Å². The SMILES string of the molecule is O=C(OCC(=O)N(Cc1ccccc1)c1ccccc1)c1cccc2ncccc12. The molecule has 0 fully saturated rings. The van der Waals surface area contributed by atoms with Crippen LogP contribution in [0.25, 0.3) is 10.9 Å². The van der Waals surface area contributed by atoms with E-state index >= 15 is 0 Å². The Morgan fingerprint density at radius 3 is 2.30 bits per heavy atom. The molecule has 1 aromatic heterocycles. The van der Waals surface area contributed by atoms with Crippen LogP contribution in [0.4, 0.5) is 5.69 Å². The smallest absolute Gasteiger partial charge is 0.339 e. The molecule has 0 N–H and O–H groups in total. The summed E-state index contributed by atoms with van der Waals surface area (Å²) in [6, 6.07) is 27.9. The molecular formula is C25H20N2O3. The van der Waals surface area contributed by atoms with Crippen molar-refractivity contribution < 1.29 is 14.3 Å². The lowest BCUT2D eigenvalue weighted by atomic mass is 10.1. The van der Waals surface area contributed by atoms with Gasteiger partial charge in [-0.15, -0.1) is 0 Å². The average molecular weight is 396 g/mol. The summed E-state index contributed by atoms with van der Waals surface area (Å²) in [5.41, 5.74) is 2.83. The first-order chi connectivity index (χ1) is 14.7. The van der Waals surface area contributed by atoms with Gasteiger partial charge in [0.1, 0.15) is 0 Å². The first kappa shape index (κ1) is 19.3. The molecule has 0 saturated carbocycles. The summed E-state index contributed by atoms with van der Waals surface area (Å²) in [4.78, 5) is 31.5. The van der Waals surface area contributed by atoms with Gasteiger partial charge in [-0.25, -0.2) is 4.79 Å². The molecule has 3 aromatic carbocycles. The Morgan fingerprint density at radius 2 is 1.53 bits per heavy atom. The minimum atomic E-state index is -0.547. The van der Waals surface area contributed by atoms with Crippen LogP contribution in [0.15, 0.2) is 97.2 Å². The van der Waals surface area contributed by atoms with E-state index in [0.717, 1.165) is 11.3 Å². The van der Waals surface area contributed by atoms with Crippen molar-refractivity contribution in [3.8, 4) is 0 Å². The highest BCUT2D eigenvalue weighted by atomic mass is 16.5. The standard InChI is InChI=1S/C25H20N2O3/c28-24(18-30-25(29)22-13-7-15-23-21(22)14-8-16-26-23)27(20-11-5-2-6-12-20)17-19-9-3-1-4-10-19/h1-16H,17-18H2. The molecule has 0 aliphatic rings. The Hall–Kier alpha value is -3.99. The highest BCUT2D eigenvalue weighted by molar-refractivity contribution is 6.04. The number of amides is 1. The number of fused-ring (bicyclic) bond motifs is 1. The topological polar surface area (TPSA) is 59.5 Å². The van der Waals surface area contributed by atoms with Crippen molar-refractivity contribution in [2.24, 2.45) is 0 Å². The molecular weight excluding hydrogens is 376 g/mol. The van der Waals surface area contributed by atoms with Crippen LogP contribution in [0, 0.1) is 0 Å². The van der Waals surface area contributed by atoms with E-state index < -0.39 is 5.97 Å². The molecule has 4 aromatic rings. The molecule has 0 spiro atoms. The van der Waals surface area contributed by atoms with Gasteiger partial charge >= 0.3 is 5.97 Å². The lowest BCUT2D eigenvalue weighted by Crippen LogP contribution is -2.34. The summed E-state index contributed by atoms with van der Waals surface area (Å²) in [5.74, 6) is -0.841. The molecule has 5 nitrogen and oxygen atoms in total. The van der Waals surface area contributed by atoms with Gasteiger partial charge in [-0.3, -0.25) is 9.78 Å². The summed E-state index contributed by atoms with van der Waals surface area (Å²) >= 11 is 0. The molecule has 148 valence electrons. The van der Waals surface area contributed by atoms with Crippen LogP contribution in [0.2, 0.25) is 0 Å². The van der Waals surface area contributed by atoms with E-state index in [1.807, 2.05) is 72.8 Å². The van der Waals surface area contributed by atoms with Crippen molar-refractivity contribution in [3.05, 3.63) is 108 Å². The molecule has 1 heterocycles. The molecule has 5 heteroatoms. The second-order valence-electron chi connectivity index (χ2n) is 6.75. The molecule has 0 bridgehead atoms. The van der Waals surface area contributed by atoms with Gasteiger partial charge in [0.25, 0.3) is 5.91 Å². The minimum Gasteiger partial charge on any atom is -0.452 e. The van der Waals surface area contributed by atoms with Crippen LogP contribution in [0.1, 0.15) is 15.9 Å². The lowest BCUT2D eigenvalue weighted by Gasteiger charge is -2.23. The summed E-state index contributed by atoms with van der Waals surface area (Å²) in [6.07, 6.45) is 1.67. The quantitative estimate of drug-likeness (QED) is 0.446. The largest absolute Gasteiger partial charge is 0.452 e. The molecule has 4 rings (SSSR count). The highest BCUT2D eigenvalue weighted by Gasteiger charge is 2.19. The van der Waals surface area contributed by atoms with E-state index in [-0.39, 0.29) is 12.5 Å². The van der Waals surface area contributed by atoms with E-state index in [1.165, 1.54) is 0 Å². The number of benzene rings is 3. The van der Waals surface area contributed by atoms with Crippen molar-refractivity contribution in [2.45, 2.75) is 6.54 Å². The molecule has 0 unspecified atom stereocenters. The molecule has 0 saturated heterocycles. The third-order valence-corrected chi connectivity index (χ3v) is 4.74. The van der Waals surface area contributed by atoms with Gasteiger partial charge in [0, 0.05) is 17.3 Å². The van der Waals surface area contributed by atoms with Crippen molar-refractivity contribution >= 4 is 28.5 Å². The fourth-order valence-corrected chi connectivity index (χ4v) is 3.26. The Labute approximate surface area is 174 Å². The third kappa shape index (κ3) is 4.36. The average Bonchev–Trinajstić information content (AvgIpc) is 2.81. The number of rotatable bonds is 6. The first-order valence-electron chi connectivity index (χ1n) is 9.62. The van der Waals surface area contributed by atoms with Gasteiger partial charge in [-0.2, -0.15) is 0 Å². The molecule has 30 heavy (non-hydrogen) atoms. The van der Waals surface area contributed by atoms with Crippen molar-refractivity contribution in [2.75, 3.05) is 11.5 Å². The number of hydrogen-bond acceptors (Lipinski definition) is 4. The lowest BCUT2D eigenvalue weighted by molar-refractivity contribution is -0.121. The second-order valence-corrected chi connectivity index (χ2v) is 6.75. The fraction of sp³-hybridized carbons (Fsp3) is 0.0800. The van der Waals surface area contributed by atoms with Gasteiger partial charge in [0.05, 0.1) is 17.6 Å². The van der Waals surface area contributed by atoms with E-state index in [2.05, 4.69) is 4.98 Å². The van der Waals surface area contributed by atoms with E-state index in [9.17, 15) is 9.59 Å². The maximum Gasteiger partial charge on any atom is 0.339 e. The molecule has 1 amide bonds. The Kier molecular flexibility index (Phi) is 5.80. The van der Waals surface area contributed by atoms with Crippen LogP contribution >= 0.6 is 0 Å². The maximum absolute atomic E-state index is 13.0. The predicted octanol–water partition coefficient (Wildman–Crippen LogP) is 4.63. The second kappa shape index (κ2) is 9.01. The monoisotopic (exact) mass is 396 g/mol. The number of nitrogens with zero attached hydrogens (tertiary/aromatic N) is 2. The minimum absolute atomic E-state index is 0.295. The fourth-order valence-electron chi connectivity index (χ4n) is 3.26. The summed E-state index contributed by atoms with van der Waals surface area (Å²) in [6.45, 7) is 0.0383. The number of aromatic nitrogens is 1. The van der Waals surface area contributed by atoms with Crippen LogP contribution < -0.4 is 4.90 Å². The third-order valence-electron chi connectivity index (χ3n) is 4.74. The normalized spacial score (nSPS) is 10.5. The Morgan fingerprint density at radius 1 is 0.800 bits per heavy atom. The van der Waals surface area contributed by atoms with Crippen LogP contribution in [-0.4, -0.2) is 23.5 Å². The number of ether oxygens (including phenoxy) is 1. The zero-order valence-corrected chi connectivity index (χ0v) is 16.3. The first-order valence-corrected chi connectivity index (χ1v) is 9.62. The zero-order valence-electron chi connectivity index (χ0n) is 16.3. The number of esters is 1. The number of pyridine rings is 1. The Bertz CT molecular complexity index is 1160. The zero-order chi connectivity index (χ0) is 20.8. The van der Waals surface area contributed by atoms with E-state index in [0.29, 0.717) is 23.0 Å². The Balaban J connectivity index is 1.51. The van der Waals surface area contributed by atoms with Gasteiger partial charge < -0.3 is 9.64 Å². The molecule has 0 aliphatic carbocycles. The molecule has 0 aliphatic heterocycles. The molecule has 0 radical (unpaired) electrons. The highest BCUT2D eigenvalue weighted by Crippen LogP contribution is 2.19.